The highest BCUT2D eigenvalue weighted by atomic mass is 19.4. The number of fused-ring (bicyclic) bond motifs is 2. The first-order valence-electron chi connectivity index (χ1n) is 4.66. The van der Waals surface area contributed by atoms with Crippen LogP contribution in [0.1, 0.15) is 13.3 Å². The summed E-state index contributed by atoms with van der Waals surface area (Å²) in [7, 11) is 0. The molecule has 0 aliphatic heterocycles. The summed E-state index contributed by atoms with van der Waals surface area (Å²) >= 11 is 0. The molecule has 2 aliphatic carbocycles. The molecule has 2 aliphatic rings. The Morgan fingerprint density at radius 3 is 2.29 bits per heavy atom. The van der Waals surface area contributed by atoms with Gasteiger partial charge in [-0.3, -0.25) is 4.79 Å². The Bertz CT molecular complexity index is 292. The topological polar surface area (TPSA) is 17.1 Å². The number of Topliss-reactive ketones (excluding diaryl/α,β-unsaturated/α-hetero) is 1. The lowest BCUT2D eigenvalue weighted by Gasteiger charge is -2.27. The van der Waals surface area contributed by atoms with E-state index >= 15 is 0 Å². The van der Waals surface area contributed by atoms with Gasteiger partial charge in [0.15, 0.2) is 0 Å². The van der Waals surface area contributed by atoms with Crippen LogP contribution in [0.3, 0.4) is 0 Å². The van der Waals surface area contributed by atoms with E-state index in [1.54, 1.807) is 12.2 Å². The average molecular weight is 204 g/mol. The zero-order valence-electron chi connectivity index (χ0n) is 7.71. The fourth-order valence-corrected chi connectivity index (χ4v) is 2.82. The molecule has 78 valence electrons. The van der Waals surface area contributed by atoms with Crippen molar-refractivity contribution in [3.05, 3.63) is 12.2 Å². The van der Waals surface area contributed by atoms with Crippen LogP contribution >= 0.6 is 0 Å². The van der Waals surface area contributed by atoms with Crippen molar-refractivity contribution in [2.24, 2.45) is 23.7 Å². The number of carbonyl (C=O) groups excluding carboxylic acids is 1. The molecular weight excluding hydrogens is 193 g/mol. The second-order valence-electron chi connectivity index (χ2n) is 4.15. The molecule has 0 radical (unpaired) electrons. The van der Waals surface area contributed by atoms with Crippen LogP contribution in [0, 0.1) is 23.7 Å². The number of ketones is 1. The van der Waals surface area contributed by atoms with Crippen molar-refractivity contribution in [1.29, 1.82) is 0 Å². The third-order valence-electron chi connectivity index (χ3n) is 3.31. The normalized spacial score (nSPS) is 40.6. The molecule has 1 saturated carbocycles. The summed E-state index contributed by atoms with van der Waals surface area (Å²) in [5.74, 6) is -3.23. The Morgan fingerprint density at radius 1 is 1.29 bits per heavy atom. The number of rotatable bonds is 1. The van der Waals surface area contributed by atoms with E-state index in [1.807, 2.05) is 0 Å². The maximum Gasteiger partial charge on any atom is 0.393 e. The third kappa shape index (κ3) is 1.28. The van der Waals surface area contributed by atoms with Crippen LogP contribution in [-0.2, 0) is 4.79 Å². The molecule has 4 heteroatoms. The smallest absolute Gasteiger partial charge is 0.300 e. The highest BCUT2D eigenvalue weighted by molar-refractivity contribution is 5.80. The summed E-state index contributed by atoms with van der Waals surface area (Å²) in [5, 5.41) is 0. The van der Waals surface area contributed by atoms with Crippen LogP contribution in [-0.4, -0.2) is 12.0 Å². The highest BCUT2D eigenvalue weighted by Crippen LogP contribution is 2.54. The van der Waals surface area contributed by atoms with E-state index in [4.69, 9.17) is 0 Å². The highest BCUT2D eigenvalue weighted by Gasteiger charge is 2.58. The van der Waals surface area contributed by atoms with E-state index in [0.29, 0.717) is 6.42 Å². The molecule has 0 spiro atoms. The largest absolute Gasteiger partial charge is 0.393 e. The van der Waals surface area contributed by atoms with Crippen molar-refractivity contribution in [3.8, 4) is 0 Å². The van der Waals surface area contributed by atoms with Gasteiger partial charge in [-0.1, -0.05) is 12.2 Å². The molecule has 0 aromatic carbocycles. The summed E-state index contributed by atoms with van der Waals surface area (Å²) in [5.41, 5.74) is 0. The Balaban J connectivity index is 2.31. The quantitative estimate of drug-likeness (QED) is 0.600. The van der Waals surface area contributed by atoms with E-state index in [-0.39, 0.29) is 11.7 Å². The van der Waals surface area contributed by atoms with Gasteiger partial charge in [-0.05, 0) is 25.2 Å². The van der Waals surface area contributed by atoms with E-state index in [2.05, 4.69) is 0 Å². The Morgan fingerprint density at radius 2 is 1.86 bits per heavy atom. The molecule has 4 atom stereocenters. The van der Waals surface area contributed by atoms with Crippen LogP contribution in [0.25, 0.3) is 0 Å². The van der Waals surface area contributed by atoms with Crippen molar-refractivity contribution < 1.29 is 18.0 Å². The zero-order valence-corrected chi connectivity index (χ0v) is 7.71. The van der Waals surface area contributed by atoms with Crippen molar-refractivity contribution in [2.45, 2.75) is 19.5 Å². The monoisotopic (exact) mass is 204 g/mol. The van der Waals surface area contributed by atoms with Crippen LogP contribution in [0.4, 0.5) is 13.2 Å². The molecule has 0 aromatic rings. The number of hydrogen-bond acceptors (Lipinski definition) is 1. The number of carbonyl (C=O) groups is 1. The minimum Gasteiger partial charge on any atom is -0.300 e. The summed E-state index contributed by atoms with van der Waals surface area (Å²) in [6.45, 7) is 1.26. The van der Waals surface area contributed by atoms with Crippen LogP contribution in [0.5, 0.6) is 0 Å². The molecule has 0 aromatic heterocycles. The maximum absolute atomic E-state index is 12.6. The summed E-state index contributed by atoms with van der Waals surface area (Å²) in [4.78, 5) is 11.2. The predicted molar refractivity (Wildman–Crippen MR) is 44.5 cm³/mol. The van der Waals surface area contributed by atoms with Crippen LogP contribution < -0.4 is 0 Å². The van der Waals surface area contributed by atoms with Crippen molar-refractivity contribution >= 4 is 5.78 Å². The molecule has 0 amide bonds. The fourth-order valence-electron chi connectivity index (χ4n) is 2.82. The lowest BCUT2D eigenvalue weighted by molar-refractivity contribution is -0.194. The number of hydrogen-bond donors (Lipinski definition) is 0. The first kappa shape index (κ1) is 9.74. The lowest BCUT2D eigenvalue weighted by Crippen LogP contribution is -2.36. The van der Waals surface area contributed by atoms with Crippen molar-refractivity contribution in [1.82, 2.24) is 0 Å². The van der Waals surface area contributed by atoms with Crippen LogP contribution in [0.2, 0.25) is 0 Å². The Kier molecular flexibility index (Phi) is 1.98. The Labute approximate surface area is 80.0 Å². The van der Waals surface area contributed by atoms with Gasteiger partial charge in [-0.2, -0.15) is 13.2 Å². The average Bonchev–Trinajstić information content (AvgIpc) is 2.58. The molecule has 2 rings (SSSR count). The van der Waals surface area contributed by atoms with Gasteiger partial charge in [0.05, 0.1) is 5.92 Å². The number of allylic oxidation sites excluding steroid dienone is 2. The molecule has 0 heterocycles. The first-order chi connectivity index (χ1) is 6.41. The molecule has 0 N–H and O–H groups in total. The van der Waals surface area contributed by atoms with Gasteiger partial charge in [0, 0.05) is 5.92 Å². The SMILES string of the molecule is CC(=O)[C@H]1[C@H](C(F)(F)F)[C@H]2C=C[C@H]1C2. The second kappa shape index (κ2) is 2.84. The molecule has 1 fully saturated rings. The molecule has 2 bridgehead atoms. The van der Waals surface area contributed by atoms with Gasteiger partial charge in [0.1, 0.15) is 5.78 Å². The predicted octanol–water partition coefficient (Wildman–Crippen LogP) is 2.58. The fraction of sp³-hybridized carbons (Fsp3) is 0.700. The maximum atomic E-state index is 12.6. The zero-order chi connectivity index (χ0) is 10.5. The molecular formula is C10H11F3O. The minimum atomic E-state index is -4.24. The number of alkyl halides is 3. The van der Waals surface area contributed by atoms with Gasteiger partial charge in [-0.15, -0.1) is 0 Å². The van der Waals surface area contributed by atoms with Crippen molar-refractivity contribution in [2.75, 3.05) is 0 Å². The standard InChI is InChI=1S/C10H11F3O/c1-5(14)8-6-2-3-7(4-6)9(8)10(11,12)13/h2-3,6-9H,4H2,1H3/t6-,7-,8+,9+/m0/s1. The summed E-state index contributed by atoms with van der Waals surface area (Å²) in [6.07, 6.45) is -0.365. The van der Waals surface area contributed by atoms with Gasteiger partial charge in [0.25, 0.3) is 0 Å². The van der Waals surface area contributed by atoms with Gasteiger partial charge < -0.3 is 0 Å². The van der Waals surface area contributed by atoms with Crippen LogP contribution in [0.15, 0.2) is 12.2 Å². The third-order valence-corrected chi connectivity index (χ3v) is 3.31. The molecule has 14 heavy (non-hydrogen) atoms. The van der Waals surface area contributed by atoms with E-state index in [0.717, 1.165) is 0 Å². The van der Waals surface area contributed by atoms with E-state index in [1.165, 1.54) is 6.92 Å². The minimum absolute atomic E-state index is 0.177. The molecule has 0 unspecified atom stereocenters. The first-order valence-corrected chi connectivity index (χ1v) is 4.66. The lowest BCUT2D eigenvalue weighted by atomic mass is 9.80. The van der Waals surface area contributed by atoms with Gasteiger partial charge >= 0.3 is 6.18 Å². The van der Waals surface area contributed by atoms with E-state index < -0.39 is 23.9 Å². The number of halogens is 3. The van der Waals surface area contributed by atoms with Crippen molar-refractivity contribution in [3.63, 3.8) is 0 Å². The summed E-state index contributed by atoms with van der Waals surface area (Å²) < 4.78 is 37.9. The van der Waals surface area contributed by atoms with Gasteiger partial charge in [-0.25, -0.2) is 0 Å². The van der Waals surface area contributed by atoms with E-state index in [9.17, 15) is 18.0 Å². The second-order valence-corrected chi connectivity index (χ2v) is 4.15. The van der Waals surface area contributed by atoms with Gasteiger partial charge in [0.2, 0.25) is 0 Å². The molecule has 1 nitrogen and oxygen atoms in total. The summed E-state index contributed by atoms with van der Waals surface area (Å²) in [6, 6.07) is 0. The Hall–Kier alpha value is -0.800. The molecule has 0 saturated heterocycles.